The largest absolute Gasteiger partial charge is 0.480 e. The highest BCUT2D eigenvalue weighted by Crippen LogP contribution is 2.10. The highest BCUT2D eigenvalue weighted by atomic mass is 16.4. The van der Waals surface area contributed by atoms with Gasteiger partial charge in [0.15, 0.2) is 0 Å². The lowest BCUT2D eigenvalue weighted by Crippen LogP contribution is -2.40. The van der Waals surface area contributed by atoms with Gasteiger partial charge in [0.05, 0.1) is 13.1 Å². The molecule has 1 aromatic heterocycles. The summed E-state index contributed by atoms with van der Waals surface area (Å²) in [6.45, 7) is 0.720. The van der Waals surface area contributed by atoms with Crippen LogP contribution in [0.1, 0.15) is 12.2 Å². The van der Waals surface area contributed by atoms with E-state index in [2.05, 4.69) is 15.4 Å². The van der Waals surface area contributed by atoms with Crippen LogP contribution in [0.4, 0.5) is 0 Å². The van der Waals surface area contributed by atoms with E-state index in [9.17, 15) is 4.79 Å². The first-order chi connectivity index (χ1) is 6.75. The molecule has 0 bridgehead atoms. The van der Waals surface area contributed by atoms with Crippen molar-refractivity contribution in [2.45, 2.75) is 25.4 Å². The maximum absolute atomic E-state index is 10.3. The van der Waals surface area contributed by atoms with Gasteiger partial charge in [-0.2, -0.15) is 5.10 Å². The molecule has 76 valence electrons. The number of carboxylic acid groups (broad SMARTS) is 1. The van der Waals surface area contributed by atoms with Crippen molar-refractivity contribution in [1.29, 1.82) is 0 Å². The third-order valence-electron chi connectivity index (χ3n) is 2.35. The van der Waals surface area contributed by atoms with E-state index in [-0.39, 0.29) is 12.6 Å². The van der Waals surface area contributed by atoms with Crippen molar-refractivity contribution in [3.05, 3.63) is 12.2 Å². The van der Waals surface area contributed by atoms with Gasteiger partial charge in [0, 0.05) is 12.5 Å². The summed E-state index contributed by atoms with van der Waals surface area (Å²) in [5.74, 6) is 0.160. The fraction of sp³-hybridized carbons (Fsp3) is 0.625. The van der Waals surface area contributed by atoms with E-state index < -0.39 is 5.97 Å². The molecular weight excluding hydrogens is 184 g/mol. The Kier molecular flexibility index (Phi) is 2.45. The van der Waals surface area contributed by atoms with Crippen molar-refractivity contribution in [3.8, 4) is 0 Å². The molecule has 0 saturated carbocycles. The molecule has 0 amide bonds. The summed E-state index contributed by atoms with van der Waals surface area (Å²) in [7, 11) is 0. The molecule has 1 atom stereocenters. The molecule has 6 nitrogen and oxygen atoms in total. The highest BCUT2D eigenvalue weighted by Gasteiger charge is 2.19. The molecular formula is C8H12N4O2. The summed E-state index contributed by atoms with van der Waals surface area (Å²) in [4.78, 5) is 14.4. The number of carbonyl (C=O) groups is 1. The Balaban J connectivity index is 1.91. The number of rotatable bonds is 3. The minimum Gasteiger partial charge on any atom is -0.480 e. The quantitative estimate of drug-likeness (QED) is 0.666. The van der Waals surface area contributed by atoms with Crippen molar-refractivity contribution in [2.24, 2.45) is 0 Å². The maximum Gasteiger partial charge on any atom is 0.317 e. The monoisotopic (exact) mass is 196 g/mol. The second-order valence-electron chi connectivity index (χ2n) is 3.37. The van der Waals surface area contributed by atoms with Crippen LogP contribution in [0.2, 0.25) is 0 Å². The zero-order valence-electron chi connectivity index (χ0n) is 7.68. The third-order valence-corrected chi connectivity index (χ3v) is 2.35. The standard InChI is InChI=1S/C8H12N4O2/c13-8(14)3-9-6-1-2-7-10-5-11-12(7)4-6/h5-6,9H,1-4H2,(H,13,14). The molecule has 6 heteroatoms. The van der Waals surface area contributed by atoms with E-state index >= 15 is 0 Å². The zero-order valence-corrected chi connectivity index (χ0v) is 7.68. The average Bonchev–Trinajstić information content (AvgIpc) is 2.61. The minimum atomic E-state index is -0.825. The van der Waals surface area contributed by atoms with E-state index in [1.54, 1.807) is 0 Å². The van der Waals surface area contributed by atoms with E-state index in [1.807, 2.05) is 4.68 Å². The van der Waals surface area contributed by atoms with E-state index in [4.69, 9.17) is 5.11 Å². The number of fused-ring (bicyclic) bond motifs is 1. The van der Waals surface area contributed by atoms with Crippen LogP contribution < -0.4 is 5.32 Å². The smallest absolute Gasteiger partial charge is 0.317 e. The number of aromatic nitrogens is 3. The van der Waals surface area contributed by atoms with Gasteiger partial charge >= 0.3 is 5.97 Å². The van der Waals surface area contributed by atoms with Crippen LogP contribution >= 0.6 is 0 Å². The highest BCUT2D eigenvalue weighted by molar-refractivity contribution is 5.69. The van der Waals surface area contributed by atoms with Gasteiger partial charge in [-0.3, -0.25) is 4.79 Å². The predicted octanol–water partition coefficient (Wildman–Crippen LogP) is -0.733. The first-order valence-corrected chi connectivity index (χ1v) is 4.57. The van der Waals surface area contributed by atoms with E-state index in [0.29, 0.717) is 6.54 Å². The Hall–Kier alpha value is -1.43. The summed E-state index contributed by atoms with van der Waals surface area (Å²) in [6, 6.07) is 0.195. The molecule has 14 heavy (non-hydrogen) atoms. The van der Waals surface area contributed by atoms with Crippen molar-refractivity contribution in [2.75, 3.05) is 6.54 Å². The van der Waals surface area contributed by atoms with Crippen molar-refractivity contribution >= 4 is 5.97 Å². The molecule has 2 N–H and O–H groups in total. The Bertz CT molecular complexity index is 336. The average molecular weight is 196 g/mol. The summed E-state index contributed by atoms with van der Waals surface area (Å²) in [6.07, 6.45) is 3.32. The van der Waals surface area contributed by atoms with Gasteiger partial charge in [-0.15, -0.1) is 0 Å². The first kappa shape index (κ1) is 9.14. The molecule has 0 aliphatic carbocycles. The number of aliphatic carboxylic acids is 1. The lowest BCUT2D eigenvalue weighted by atomic mass is 10.1. The SMILES string of the molecule is O=C(O)CNC1CCc2ncnn2C1. The van der Waals surface area contributed by atoms with Gasteiger partial charge < -0.3 is 10.4 Å². The number of aryl methyl sites for hydroxylation is 1. The number of nitrogens with one attached hydrogen (secondary N) is 1. The zero-order chi connectivity index (χ0) is 9.97. The van der Waals surface area contributed by atoms with Crippen LogP contribution in [0.15, 0.2) is 6.33 Å². The Morgan fingerprint density at radius 3 is 3.43 bits per heavy atom. The van der Waals surface area contributed by atoms with Gasteiger partial charge in [-0.05, 0) is 6.42 Å². The topological polar surface area (TPSA) is 80.0 Å². The van der Waals surface area contributed by atoms with Gasteiger partial charge in [-0.25, -0.2) is 9.67 Å². The van der Waals surface area contributed by atoms with Crippen LogP contribution in [-0.4, -0.2) is 38.4 Å². The second kappa shape index (κ2) is 3.75. The number of carboxylic acids is 1. The van der Waals surface area contributed by atoms with Gasteiger partial charge in [-0.1, -0.05) is 0 Å². The lowest BCUT2D eigenvalue weighted by molar-refractivity contribution is -0.136. The molecule has 0 saturated heterocycles. The van der Waals surface area contributed by atoms with Crippen LogP contribution in [0, 0.1) is 0 Å². The number of hydrogen-bond acceptors (Lipinski definition) is 4. The van der Waals surface area contributed by atoms with Gasteiger partial charge in [0.2, 0.25) is 0 Å². The van der Waals surface area contributed by atoms with Crippen LogP contribution in [0.25, 0.3) is 0 Å². The molecule has 0 fully saturated rings. The molecule has 1 aliphatic heterocycles. The van der Waals surface area contributed by atoms with Crippen LogP contribution in [-0.2, 0) is 17.8 Å². The molecule has 0 radical (unpaired) electrons. The van der Waals surface area contributed by atoms with Crippen molar-refractivity contribution in [1.82, 2.24) is 20.1 Å². The van der Waals surface area contributed by atoms with E-state index in [1.165, 1.54) is 6.33 Å². The molecule has 0 aromatic carbocycles. The molecule has 1 aliphatic rings. The summed E-state index contributed by atoms with van der Waals surface area (Å²) < 4.78 is 1.82. The Morgan fingerprint density at radius 2 is 2.64 bits per heavy atom. The predicted molar refractivity (Wildman–Crippen MR) is 47.8 cm³/mol. The molecule has 1 unspecified atom stereocenters. The van der Waals surface area contributed by atoms with Crippen molar-refractivity contribution in [3.63, 3.8) is 0 Å². The fourth-order valence-corrected chi connectivity index (χ4v) is 1.64. The van der Waals surface area contributed by atoms with E-state index in [0.717, 1.165) is 18.7 Å². The number of nitrogens with zero attached hydrogens (tertiary/aromatic N) is 3. The second-order valence-corrected chi connectivity index (χ2v) is 3.37. The van der Waals surface area contributed by atoms with Gasteiger partial charge in [0.1, 0.15) is 12.2 Å². The minimum absolute atomic E-state index is 0.00863. The summed E-state index contributed by atoms with van der Waals surface area (Å²) >= 11 is 0. The maximum atomic E-state index is 10.3. The Labute approximate surface area is 80.9 Å². The first-order valence-electron chi connectivity index (χ1n) is 4.57. The summed E-state index contributed by atoms with van der Waals surface area (Å²) in [5, 5.41) is 15.5. The van der Waals surface area contributed by atoms with Gasteiger partial charge in [0.25, 0.3) is 0 Å². The molecule has 0 spiro atoms. The number of hydrogen-bond donors (Lipinski definition) is 2. The van der Waals surface area contributed by atoms with Crippen LogP contribution in [0.3, 0.4) is 0 Å². The third kappa shape index (κ3) is 1.90. The molecule has 2 heterocycles. The van der Waals surface area contributed by atoms with Crippen molar-refractivity contribution < 1.29 is 9.90 Å². The molecule has 2 rings (SSSR count). The summed E-state index contributed by atoms with van der Waals surface area (Å²) in [5.41, 5.74) is 0. The van der Waals surface area contributed by atoms with Crippen LogP contribution in [0.5, 0.6) is 0 Å². The lowest BCUT2D eigenvalue weighted by Gasteiger charge is -2.22. The molecule has 1 aromatic rings. The normalized spacial score (nSPS) is 20.4. The fourth-order valence-electron chi connectivity index (χ4n) is 1.64. The Morgan fingerprint density at radius 1 is 1.79 bits per heavy atom.